The van der Waals surface area contributed by atoms with Crippen molar-refractivity contribution in [1.29, 1.82) is 0 Å². The Balaban J connectivity index is 1.58. The fourth-order valence-electron chi connectivity index (χ4n) is 4.24. The molecule has 1 aliphatic rings. The number of carbonyl (C=O) groups is 1. The van der Waals surface area contributed by atoms with Crippen LogP contribution in [0.15, 0.2) is 60.8 Å². The highest BCUT2D eigenvalue weighted by Gasteiger charge is 2.49. The van der Waals surface area contributed by atoms with Gasteiger partial charge in [-0.2, -0.15) is 0 Å². The lowest BCUT2D eigenvalue weighted by Crippen LogP contribution is -2.56. The van der Waals surface area contributed by atoms with E-state index in [0.29, 0.717) is 25.1 Å². The van der Waals surface area contributed by atoms with Crippen LogP contribution < -0.4 is 0 Å². The first-order chi connectivity index (χ1) is 14.0. The molecular formula is C23H23FN2O3. The average Bonchev–Trinajstić information content (AvgIpc) is 2.70. The number of halogens is 1. The molecule has 1 aromatic heterocycles. The fraction of sp³-hybridized carbons (Fsp3) is 0.304. The number of carboxylic acid groups (broad SMARTS) is 1. The standard InChI is InChI=1S/C23H23FN2O3/c24-19-5-1-3-16(11-19)13-23(22(28)29)15-26(10-8-21(23)27)14-17-6-7-18-4-2-9-25-20(18)12-17/h1-7,9,11-12,21,27H,8,10,13-15H2,(H,28,29)/t21-,23-/m1/s1. The highest BCUT2D eigenvalue weighted by Crippen LogP contribution is 2.35. The lowest BCUT2D eigenvalue weighted by Gasteiger charge is -2.43. The Morgan fingerprint density at radius 2 is 2.03 bits per heavy atom. The summed E-state index contributed by atoms with van der Waals surface area (Å²) in [6.45, 7) is 1.36. The summed E-state index contributed by atoms with van der Waals surface area (Å²) in [7, 11) is 0. The second-order valence-electron chi connectivity index (χ2n) is 7.81. The average molecular weight is 394 g/mol. The summed E-state index contributed by atoms with van der Waals surface area (Å²) < 4.78 is 13.6. The molecular weight excluding hydrogens is 371 g/mol. The Hall–Kier alpha value is -2.83. The number of aromatic nitrogens is 1. The number of rotatable bonds is 5. The lowest BCUT2D eigenvalue weighted by molar-refractivity contribution is -0.163. The van der Waals surface area contributed by atoms with Crippen molar-refractivity contribution in [3.63, 3.8) is 0 Å². The molecule has 0 bridgehead atoms. The van der Waals surface area contributed by atoms with Gasteiger partial charge in [-0.1, -0.05) is 30.3 Å². The van der Waals surface area contributed by atoms with Crippen molar-refractivity contribution in [2.24, 2.45) is 5.41 Å². The Morgan fingerprint density at radius 1 is 1.17 bits per heavy atom. The molecule has 0 saturated carbocycles. The summed E-state index contributed by atoms with van der Waals surface area (Å²) in [6, 6.07) is 15.9. The third kappa shape index (κ3) is 3.99. The molecule has 1 aliphatic heterocycles. The molecule has 2 N–H and O–H groups in total. The monoisotopic (exact) mass is 394 g/mol. The van der Waals surface area contributed by atoms with E-state index >= 15 is 0 Å². The van der Waals surface area contributed by atoms with Gasteiger partial charge in [0.15, 0.2) is 0 Å². The number of aliphatic carboxylic acids is 1. The van der Waals surface area contributed by atoms with E-state index in [1.807, 2.05) is 35.2 Å². The summed E-state index contributed by atoms with van der Waals surface area (Å²) in [6.07, 6.45) is 1.19. The molecule has 5 nitrogen and oxygen atoms in total. The number of hydrogen-bond acceptors (Lipinski definition) is 4. The number of carboxylic acids is 1. The van der Waals surface area contributed by atoms with Crippen LogP contribution in [0.3, 0.4) is 0 Å². The van der Waals surface area contributed by atoms with Crippen molar-refractivity contribution in [3.05, 3.63) is 77.7 Å². The van der Waals surface area contributed by atoms with Gasteiger partial charge in [0.2, 0.25) is 0 Å². The van der Waals surface area contributed by atoms with Gasteiger partial charge in [-0.3, -0.25) is 14.7 Å². The maximum absolute atomic E-state index is 13.6. The number of likely N-dealkylation sites (tertiary alicyclic amines) is 1. The van der Waals surface area contributed by atoms with Gasteiger partial charge in [-0.25, -0.2) is 4.39 Å². The molecule has 29 heavy (non-hydrogen) atoms. The topological polar surface area (TPSA) is 73.7 Å². The van der Waals surface area contributed by atoms with Gasteiger partial charge in [0, 0.05) is 31.2 Å². The zero-order chi connectivity index (χ0) is 20.4. The molecule has 3 aromatic rings. The van der Waals surface area contributed by atoms with E-state index in [-0.39, 0.29) is 13.0 Å². The number of hydrogen-bond donors (Lipinski definition) is 2. The number of benzene rings is 2. The van der Waals surface area contributed by atoms with Gasteiger partial charge in [0.05, 0.1) is 11.6 Å². The lowest BCUT2D eigenvalue weighted by atomic mass is 9.72. The predicted molar refractivity (Wildman–Crippen MR) is 108 cm³/mol. The molecule has 0 amide bonds. The van der Waals surface area contributed by atoms with E-state index in [1.54, 1.807) is 18.3 Å². The number of aliphatic hydroxyl groups is 1. The zero-order valence-corrected chi connectivity index (χ0v) is 16.0. The van der Waals surface area contributed by atoms with Crippen molar-refractivity contribution in [2.45, 2.75) is 25.5 Å². The minimum atomic E-state index is -1.37. The van der Waals surface area contributed by atoms with E-state index in [0.717, 1.165) is 16.5 Å². The Labute approximate surface area is 168 Å². The minimum Gasteiger partial charge on any atom is -0.481 e. The van der Waals surface area contributed by atoms with Gasteiger partial charge < -0.3 is 10.2 Å². The number of piperidine rings is 1. The van der Waals surface area contributed by atoms with Crippen molar-refractivity contribution in [2.75, 3.05) is 13.1 Å². The van der Waals surface area contributed by atoms with Crippen LogP contribution in [0.5, 0.6) is 0 Å². The SMILES string of the molecule is O=C(O)[C@]1(Cc2cccc(F)c2)CN(Cc2ccc3cccnc3c2)CC[C@H]1O. The minimum absolute atomic E-state index is 0.0804. The highest BCUT2D eigenvalue weighted by molar-refractivity contribution is 5.79. The van der Waals surface area contributed by atoms with Gasteiger partial charge in [-0.15, -0.1) is 0 Å². The molecule has 2 heterocycles. The highest BCUT2D eigenvalue weighted by atomic mass is 19.1. The zero-order valence-electron chi connectivity index (χ0n) is 16.0. The van der Waals surface area contributed by atoms with Crippen LogP contribution >= 0.6 is 0 Å². The Kier molecular flexibility index (Phi) is 5.30. The second kappa shape index (κ2) is 7.89. The van der Waals surface area contributed by atoms with E-state index in [9.17, 15) is 19.4 Å². The summed E-state index contributed by atoms with van der Waals surface area (Å²) in [5.41, 5.74) is 1.13. The third-order valence-electron chi connectivity index (χ3n) is 5.77. The molecule has 2 atom stereocenters. The largest absolute Gasteiger partial charge is 0.481 e. The van der Waals surface area contributed by atoms with E-state index in [2.05, 4.69) is 4.98 Å². The molecule has 0 spiro atoms. The first-order valence-corrected chi connectivity index (χ1v) is 9.68. The van der Waals surface area contributed by atoms with Crippen molar-refractivity contribution in [3.8, 4) is 0 Å². The Bertz CT molecular complexity index is 1040. The van der Waals surface area contributed by atoms with Crippen LogP contribution in [0.4, 0.5) is 4.39 Å². The fourth-order valence-corrected chi connectivity index (χ4v) is 4.24. The van der Waals surface area contributed by atoms with E-state index in [1.165, 1.54) is 12.1 Å². The van der Waals surface area contributed by atoms with Crippen LogP contribution in [0.1, 0.15) is 17.5 Å². The van der Waals surface area contributed by atoms with Crippen molar-refractivity contribution < 1.29 is 19.4 Å². The van der Waals surface area contributed by atoms with Gasteiger partial charge in [-0.05, 0) is 48.2 Å². The van der Waals surface area contributed by atoms with E-state index in [4.69, 9.17) is 0 Å². The van der Waals surface area contributed by atoms with E-state index < -0.39 is 23.3 Å². The number of pyridine rings is 1. The van der Waals surface area contributed by atoms with Crippen LogP contribution in [-0.2, 0) is 17.8 Å². The van der Waals surface area contributed by atoms with Crippen molar-refractivity contribution in [1.82, 2.24) is 9.88 Å². The molecule has 2 aromatic carbocycles. The second-order valence-corrected chi connectivity index (χ2v) is 7.81. The van der Waals surface area contributed by atoms with Crippen LogP contribution in [0, 0.1) is 11.2 Å². The first-order valence-electron chi connectivity index (χ1n) is 9.68. The first kappa shape index (κ1) is 19.5. The molecule has 6 heteroatoms. The Morgan fingerprint density at radius 3 is 2.83 bits per heavy atom. The van der Waals surface area contributed by atoms with Crippen molar-refractivity contribution >= 4 is 16.9 Å². The molecule has 150 valence electrons. The molecule has 0 aliphatic carbocycles. The molecule has 4 rings (SSSR count). The molecule has 0 unspecified atom stereocenters. The summed E-state index contributed by atoms with van der Waals surface area (Å²) in [5, 5.41) is 21.7. The van der Waals surface area contributed by atoms with Gasteiger partial charge >= 0.3 is 5.97 Å². The third-order valence-corrected chi connectivity index (χ3v) is 5.77. The number of nitrogens with zero attached hydrogens (tertiary/aromatic N) is 2. The number of aliphatic hydroxyl groups excluding tert-OH is 1. The molecule has 1 saturated heterocycles. The number of fused-ring (bicyclic) bond motifs is 1. The maximum atomic E-state index is 13.6. The molecule has 1 fully saturated rings. The summed E-state index contributed by atoms with van der Waals surface area (Å²) in [4.78, 5) is 18.7. The normalized spacial score (nSPS) is 22.6. The predicted octanol–water partition coefficient (Wildman–Crippen LogP) is 3.25. The summed E-state index contributed by atoms with van der Waals surface area (Å²) in [5.74, 6) is -1.46. The summed E-state index contributed by atoms with van der Waals surface area (Å²) >= 11 is 0. The van der Waals surface area contributed by atoms with Crippen LogP contribution in [0.2, 0.25) is 0 Å². The van der Waals surface area contributed by atoms with Crippen LogP contribution in [-0.4, -0.2) is 45.3 Å². The smallest absolute Gasteiger partial charge is 0.313 e. The van der Waals surface area contributed by atoms with Gasteiger partial charge in [0.1, 0.15) is 11.2 Å². The van der Waals surface area contributed by atoms with Gasteiger partial charge in [0.25, 0.3) is 0 Å². The maximum Gasteiger partial charge on any atom is 0.313 e. The molecule has 0 radical (unpaired) electrons. The quantitative estimate of drug-likeness (QED) is 0.695. The van der Waals surface area contributed by atoms with Crippen LogP contribution in [0.25, 0.3) is 10.9 Å².